The monoisotopic (exact) mass is 396 g/mol. The Morgan fingerprint density at radius 3 is 2.79 bits per heavy atom. The number of ether oxygens (including phenoxy) is 1. The molecule has 0 N–H and O–H groups in total. The Morgan fingerprint density at radius 2 is 2.07 bits per heavy atom. The van der Waals surface area contributed by atoms with Gasteiger partial charge in [0.2, 0.25) is 11.8 Å². The van der Waals surface area contributed by atoms with Gasteiger partial charge in [0.1, 0.15) is 11.4 Å². The number of rotatable bonds is 5. The average Bonchev–Trinajstić information content (AvgIpc) is 3.46. The van der Waals surface area contributed by atoms with E-state index in [4.69, 9.17) is 9.15 Å². The molecule has 1 spiro atoms. The van der Waals surface area contributed by atoms with Crippen molar-refractivity contribution in [1.29, 1.82) is 0 Å². The zero-order chi connectivity index (χ0) is 20.2. The number of halogens is 1. The van der Waals surface area contributed by atoms with Crippen LogP contribution in [0.2, 0.25) is 0 Å². The van der Waals surface area contributed by atoms with Gasteiger partial charge in [-0.1, -0.05) is 24.3 Å². The molecular formula is C22H21FN2O4. The first-order chi connectivity index (χ1) is 14.0. The molecule has 2 aromatic rings. The SMILES string of the molecule is CN(Cc1ccoc1)C(=O)[C@H]1[C@@H]2C=C[C@@]3(CN(Cc4ccc(F)cc4)C(=O)[C@H]13)O2. The Morgan fingerprint density at radius 1 is 1.28 bits per heavy atom. The van der Waals surface area contributed by atoms with E-state index in [2.05, 4.69) is 0 Å². The lowest BCUT2D eigenvalue weighted by atomic mass is 9.76. The van der Waals surface area contributed by atoms with Crippen LogP contribution < -0.4 is 0 Å². The van der Waals surface area contributed by atoms with Gasteiger partial charge in [-0.3, -0.25) is 9.59 Å². The van der Waals surface area contributed by atoms with Crippen molar-refractivity contribution in [3.63, 3.8) is 0 Å². The van der Waals surface area contributed by atoms with Gasteiger partial charge in [-0.05, 0) is 23.8 Å². The van der Waals surface area contributed by atoms with E-state index in [0.29, 0.717) is 19.6 Å². The second kappa shape index (κ2) is 6.56. The predicted molar refractivity (Wildman–Crippen MR) is 101 cm³/mol. The molecule has 2 bridgehead atoms. The van der Waals surface area contributed by atoms with Gasteiger partial charge in [0.25, 0.3) is 0 Å². The van der Waals surface area contributed by atoms with Crippen LogP contribution in [-0.4, -0.2) is 46.9 Å². The van der Waals surface area contributed by atoms with Crippen LogP contribution in [-0.2, 0) is 27.4 Å². The predicted octanol–water partition coefficient (Wildman–Crippen LogP) is 2.36. The highest BCUT2D eigenvalue weighted by molar-refractivity contribution is 5.93. The van der Waals surface area contributed by atoms with Crippen LogP contribution in [0.15, 0.2) is 59.4 Å². The summed E-state index contributed by atoms with van der Waals surface area (Å²) in [5, 5.41) is 0. The highest BCUT2D eigenvalue weighted by Gasteiger charge is 2.67. The Hall–Kier alpha value is -2.93. The van der Waals surface area contributed by atoms with Gasteiger partial charge in [0.15, 0.2) is 0 Å². The van der Waals surface area contributed by atoms with Gasteiger partial charge in [-0.2, -0.15) is 0 Å². The lowest BCUT2D eigenvalue weighted by Gasteiger charge is -2.27. The Bertz CT molecular complexity index is 971. The molecule has 2 fully saturated rings. The highest BCUT2D eigenvalue weighted by Crippen LogP contribution is 2.52. The van der Waals surface area contributed by atoms with Crippen molar-refractivity contribution in [1.82, 2.24) is 9.80 Å². The summed E-state index contributed by atoms with van der Waals surface area (Å²) < 4.78 is 24.4. The molecule has 1 aromatic heterocycles. The molecule has 29 heavy (non-hydrogen) atoms. The topological polar surface area (TPSA) is 63.0 Å². The van der Waals surface area contributed by atoms with Crippen molar-refractivity contribution in [2.45, 2.75) is 24.8 Å². The van der Waals surface area contributed by atoms with Crippen molar-refractivity contribution in [3.8, 4) is 0 Å². The number of nitrogens with zero attached hydrogens (tertiary/aromatic N) is 2. The van der Waals surface area contributed by atoms with Crippen molar-refractivity contribution < 1.29 is 23.1 Å². The minimum absolute atomic E-state index is 0.0868. The van der Waals surface area contributed by atoms with Crippen molar-refractivity contribution in [2.24, 2.45) is 11.8 Å². The van der Waals surface area contributed by atoms with E-state index >= 15 is 0 Å². The maximum absolute atomic E-state index is 13.2. The molecule has 7 heteroatoms. The molecule has 1 aromatic carbocycles. The molecule has 0 unspecified atom stereocenters. The van der Waals surface area contributed by atoms with Crippen LogP contribution >= 0.6 is 0 Å². The van der Waals surface area contributed by atoms with Crippen LogP contribution in [0.5, 0.6) is 0 Å². The zero-order valence-corrected chi connectivity index (χ0v) is 16.0. The number of likely N-dealkylation sites (tertiary alicyclic amines) is 1. The van der Waals surface area contributed by atoms with Crippen LogP contribution in [0.25, 0.3) is 0 Å². The number of carbonyl (C=O) groups excluding carboxylic acids is 2. The minimum atomic E-state index is -0.751. The molecule has 0 aliphatic carbocycles. The molecule has 6 nitrogen and oxygen atoms in total. The minimum Gasteiger partial charge on any atom is -0.472 e. The molecular weight excluding hydrogens is 375 g/mol. The van der Waals surface area contributed by atoms with E-state index in [1.54, 1.807) is 41.5 Å². The summed E-state index contributed by atoms with van der Waals surface area (Å²) in [6.45, 7) is 1.18. The maximum atomic E-state index is 13.2. The van der Waals surface area contributed by atoms with Gasteiger partial charge < -0.3 is 19.0 Å². The second-order valence-electron chi connectivity index (χ2n) is 8.05. The number of amides is 2. The van der Waals surface area contributed by atoms with Gasteiger partial charge in [0, 0.05) is 25.7 Å². The molecule has 2 saturated heterocycles. The summed E-state index contributed by atoms with van der Waals surface area (Å²) in [4.78, 5) is 29.8. The van der Waals surface area contributed by atoms with E-state index in [1.165, 1.54) is 12.1 Å². The van der Waals surface area contributed by atoms with Crippen molar-refractivity contribution in [3.05, 3.63) is 72.0 Å². The van der Waals surface area contributed by atoms with E-state index in [1.807, 2.05) is 18.2 Å². The Balaban J connectivity index is 1.36. The normalized spacial score (nSPS) is 29.5. The summed E-state index contributed by atoms with van der Waals surface area (Å²) in [5.74, 6) is -1.58. The third-order valence-electron chi connectivity index (χ3n) is 6.13. The molecule has 4 atom stereocenters. The van der Waals surface area contributed by atoms with Gasteiger partial charge in [0.05, 0.1) is 37.0 Å². The third-order valence-corrected chi connectivity index (χ3v) is 6.13. The van der Waals surface area contributed by atoms with Gasteiger partial charge in [-0.15, -0.1) is 0 Å². The summed E-state index contributed by atoms with van der Waals surface area (Å²) >= 11 is 0. The molecule has 3 aliphatic rings. The zero-order valence-electron chi connectivity index (χ0n) is 16.0. The number of carbonyl (C=O) groups is 2. The molecule has 150 valence electrons. The first kappa shape index (κ1) is 18.1. The number of furan rings is 1. The number of hydrogen-bond donors (Lipinski definition) is 0. The first-order valence-electron chi connectivity index (χ1n) is 9.63. The Labute approximate surface area is 167 Å². The number of benzene rings is 1. The molecule has 3 aliphatic heterocycles. The fourth-order valence-corrected chi connectivity index (χ4v) is 4.79. The molecule has 0 saturated carbocycles. The fourth-order valence-electron chi connectivity index (χ4n) is 4.79. The highest BCUT2D eigenvalue weighted by atomic mass is 19.1. The fraction of sp³-hybridized carbons (Fsp3) is 0.364. The molecule has 4 heterocycles. The maximum Gasteiger partial charge on any atom is 0.230 e. The summed E-state index contributed by atoms with van der Waals surface area (Å²) in [6.07, 6.45) is 6.63. The molecule has 0 radical (unpaired) electrons. The average molecular weight is 396 g/mol. The van der Waals surface area contributed by atoms with E-state index in [0.717, 1.165) is 11.1 Å². The number of fused-ring (bicyclic) bond motifs is 1. The lowest BCUT2D eigenvalue weighted by Crippen LogP contribution is -2.44. The Kier molecular flexibility index (Phi) is 4.10. The third kappa shape index (κ3) is 2.88. The first-order valence-corrected chi connectivity index (χ1v) is 9.63. The quantitative estimate of drug-likeness (QED) is 0.728. The number of hydrogen-bond acceptors (Lipinski definition) is 4. The molecule has 2 amide bonds. The summed E-state index contributed by atoms with van der Waals surface area (Å²) in [6, 6.07) is 7.92. The standard InChI is InChI=1S/C22H21FN2O4/c1-24(10-15-7-9-28-12-15)20(26)18-17-6-8-22(29-17)13-25(21(27)19(18)22)11-14-2-4-16(23)5-3-14/h2-9,12,17-19H,10-11,13H2,1H3/t17-,18-,19-,22-/m0/s1. The van der Waals surface area contributed by atoms with Crippen LogP contribution in [0.4, 0.5) is 4.39 Å². The van der Waals surface area contributed by atoms with Crippen molar-refractivity contribution >= 4 is 11.8 Å². The van der Waals surface area contributed by atoms with Crippen LogP contribution in [0, 0.1) is 17.7 Å². The van der Waals surface area contributed by atoms with Gasteiger partial charge >= 0.3 is 0 Å². The lowest BCUT2D eigenvalue weighted by molar-refractivity contribution is -0.142. The van der Waals surface area contributed by atoms with E-state index < -0.39 is 17.4 Å². The van der Waals surface area contributed by atoms with Crippen molar-refractivity contribution in [2.75, 3.05) is 13.6 Å². The second-order valence-corrected chi connectivity index (χ2v) is 8.05. The van der Waals surface area contributed by atoms with E-state index in [-0.39, 0.29) is 23.7 Å². The summed E-state index contributed by atoms with van der Waals surface area (Å²) in [7, 11) is 1.73. The van der Waals surface area contributed by atoms with Gasteiger partial charge in [-0.25, -0.2) is 4.39 Å². The van der Waals surface area contributed by atoms with Crippen LogP contribution in [0.1, 0.15) is 11.1 Å². The largest absolute Gasteiger partial charge is 0.472 e. The van der Waals surface area contributed by atoms with Crippen LogP contribution in [0.3, 0.4) is 0 Å². The van der Waals surface area contributed by atoms with E-state index in [9.17, 15) is 14.0 Å². The molecule has 5 rings (SSSR count). The smallest absolute Gasteiger partial charge is 0.230 e. The summed E-state index contributed by atoms with van der Waals surface area (Å²) in [5.41, 5.74) is 0.985.